The molecule has 3 aromatic heterocycles. The average Bonchev–Trinajstić information content (AvgIpc) is 2.97. The van der Waals surface area contributed by atoms with Crippen LogP contribution in [0.3, 0.4) is 0 Å². The third kappa shape index (κ3) is 6.03. The number of carbonyl (C=O) groups is 2. The van der Waals surface area contributed by atoms with E-state index < -0.39 is 11.7 Å². The van der Waals surface area contributed by atoms with Gasteiger partial charge in [-0.1, -0.05) is 18.2 Å². The second-order valence-electron chi connectivity index (χ2n) is 9.88. The summed E-state index contributed by atoms with van der Waals surface area (Å²) in [5.41, 5.74) is 2.98. The molecule has 0 aliphatic carbocycles. The highest BCUT2D eigenvalue weighted by atomic mass is 19.1. The van der Waals surface area contributed by atoms with Gasteiger partial charge >= 0.3 is 0 Å². The van der Waals surface area contributed by atoms with Gasteiger partial charge in [0.15, 0.2) is 5.82 Å². The number of anilines is 1. The van der Waals surface area contributed by atoms with E-state index in [1.165, 1.54) is 13.4 Å². The van der Waals surface area contributed by atoms with Crippen LogP contribution in [0.5, 0.6) is 0 Å². The summed E-state index contributed by atoms with van der Waals surface area (Å²) in [5, 5.41) is 6.27. The standard InChI is InChI=1S/C29H31FN8O2/c1-18(39)38-10-7-19(8-11-38)12-25-33-14-21(15-34-25)24-13-26(37-17-36-24)32-9-6-20-4-3-5-22-27(29(40)31-2)23(30)16-35-28(20)22/h3-5,13-17,19H,6-12H2,1-2H3,(H,31,40)(H,32,36,37). The average molecular weight is 543 g/mol. The molecule has 2 N–H and O–H groups in total. The lowest BCUT2D eigenvalue weighted by molar-refractivity contribution is -0.130. The third-order valence-corrected chi connectivity index (χ3v) is 7.29. The lowest BCUT2D eigenvalue weighted by Crippen LogP contribution is -2.37. The summed E-state index contributed by atoms with van der Waals surface area (Å²) in [6, 6.07) is 7.26. The minimum atomic E-state index is -0.650. The Morgan fingerprint density at radius 3 is 2.55 bits per heavy atom. The van der Waals surface area contributed by atoms with Crippen LogP contribution in [-0.2, 0) is 17.6 Å². The highest BCUT2D eigenvalue weighted by Crippen LogP contribution is 2.24. The molecule has 1 aromatic carbocycles. The first-order valence-electron chi connectivity index (χ1n) is 13.3. The van der Waals surface area contributed by atoms with Crippen LogP contribution in [0.4, 0.5) is 10.2 Å². The zero-order valence-electron chi connectivity index (χ0n) is 22.5. The molecule has 1 aliphatic rings. The molecular formula is C29H31FN8O2. The van der Waals surface area contributed by atoms with Gasteiger partial charge in [-0.05, 0) is 30.7 Å². The fourth-order valence-electron chi connectivity index (χ4n) is 5.06. The van der Waals surface area contributed by atoms with Gasteiger partial charge in [-0.2, -0.15) is 0 Å². The zero-order valence-corrected chi connectivity index (χ0v) is 22.5. The largest absolute Gasteiger partial charge is 0.370 e. The topological polar surface area (TPSA) is 126 Å². The van der Waals surface area contributed by atoms with Gasteiger partial charge in [0.25, 0.3) is 5.91 Å². The number of likely N-dealkylation sites (tertiary alicyclic amines) is 1. The van der Waals surface area contributed by atoms with Gasteiger partial charge < -0.3 is 15.5 Å². The molecule has 0 saturated carbocycles. The summed E-state index contributed by atoms with van der Waals surface area (Å²) >= 11 is 0. The summed E-state index contributed by atoms with van der Waals surface area (Å²) < 4.78 is 14.3. The number of nitrogens with one attached hydrogen (secondary N) is 2. The van der Waals surface area contributed by atoms with Crippen molar-refractivity contribution in [3.63, 3.8) is 0 Å². The molecule has 11 heteroatoms. The zero-order chi connectivity index (χ0) is 28.1. The van der Waals surface area contributed by atoms with E-state index in [0.717, 1.165) is 55.5 Å². The van der Waals surface area contributed by atoms with Crippen molar-refractivity contribution < 1.29 is 14.0 Å². The highest BCUT2D eigenvalue weighted by Gasteiger charge is 2.22. The molecule has 206 valence electrons. The van der Waals surface area contributed by atoms with Gasteiger partial charge in [0.2, 0.25) is 5.91 Å². The second-order valence-corrected chi connectivity index (χ2v) is 9.88. The van der Waals surface area contributed by atoms with E-state index in [2.05, 4.69) is 35.6 Å². The Kier molecular flexibility index (Phi) is 8.18. The number of hydrogen-bond donors (Lipinski definition) is 2. The molecule has 1 aliphatic heterocycles. The number of piperidine rings is 1. The fraction of sp³-hybridized carbons (Fsp3) is 0.345. The number of hydrogen-bond acceptors (Lipinski definition) is 8. The molecule has 10 nitrogen and oxygen atoms in total. The predicted octanol–water partition coefficient (Wildman–Crippen LogP) is 3.44. The van der Waals surface area contributed by atoms with E-state index in [-0.39, 0.29) is 11.5 Å². The van der Waals surface area contributed by atoms with Crippen molar-refractivity contribution in [2.75, 3.05) is 32.0 Å². The number of nitrogens with zero attached hydrogens (tertiary/aromatic N) is 6. The van der Waals surface area contributed by atoms with Crippen LogP contribution in [0, 0.1) is 11.7 Å². The number of benzene rings is 1. The molecule has 4 heterocycles. The van der Waals surface area contributed by atoms with Crippen molar-refractivity contribution in [1.82, 2.24) is 35.1 Å². The summed E-state index contributed by atoms with van der Waals surface area (Å²) in [4.78, 5) is 47.7. The number of amides is 2. The van der Waals surface area contributed by atoms with Crippen LogP contribution >= 0.6 is 0 Å². The number of para-hydroxylation sites is 1. The molecule has 5 rings (SSSR count). The Morgan fingerprint density at radius 1 is 1.05 bits per heavy atom. The summed E-state index contributed by atoms with van der Waals surface area (Å²) in [6.07, 6.45) is 9.46. The summed E-state index contributed by atoms with van der Waals surface area (Å²) in [5.74, 6) is 0.916. The maximum absolute atomic E-state index is 14.3. The Morgan fingerprint density at radius 2 is 1.82 bits per heavy atom. The van der Waals surface area contributed by atoms with Crippen molar-refractivity contribution in [3.8, 4) is 11.3 Å². The molecule has 40 heavy (non-hydrogen) atoms. The van der Waals surface area contributed by atoms with Gasteiger partial charge in [-0.25, -0.2) is 24.3 Å². The van der Waals surface area contributed by atoms with Crippen molar-refractivity contribution in [2.24, 2.45) is 5.92 Å². The number of carbonyl (C=O) groups excluding carboxylic acids is 2. The van der Waals surface area contributed by atoms with Gasteiger partial charge in [0.1, 0.15) is 18.0 Å². The monoisotopic (exact) mass is 542 g/mol. The van der Waals surface area contributed by atoms with Crippen LogP contribution in [0.25, 0.3) is 22.2 Å². The molecule has 4 aromatic rings. The van der Waals surface area contributed by atoms with Crippen molar-refractivity contribution in [1.29, 1.82) is 0 Å². The maximum Gasteiger partial charge on any atom is 0.254 e. The summed E-state index contributed by atoms with van der Waals surface area (Å²) in [6.45, 7) is 3.75. The maximum atomic E-state index is 14.3. The summed E-state index contributed by atoms with van der Waals surface area (Å²) in [7, 11) is 1.47. The van der Waals surface area contributed by atoms with Crippen LogP contribution < -0.4 is 10.6 Å². The number of halogens is 1. The molecule has 0 radical (unpaired) electrons. The Hall–Kier alpha value is -4.54. The molecule has 0 atom stereocenters. The second kappa shape index (κ2) is 12.1. The first-order chi connectivity index (χ1) is 19.4. The Bertz CT molecular complexity index is 1520. The van der Waals surface area contributed by atoms with Crippen LogP contribution in [0.15, 0.2) is 49.2 Å². The van der Waals surface area contributed by atoms with Gasteiger partial charge in [-0.3, -0.25) is 14.6 Å². The van der Waals surface area contributed by atoms with Crippen molar-refractivity contribution in [2.45, 2.75) is 32.6 Å². The molecule has 1 fully saturated rings. The van der Waals surface area contributed by atoms with Gasteiger partial charge in [0, 0.05) is 69.4 Å². The highest BCUT2D eigenvalue weighted by molar-refractivity contribution is 6.06. The number of aromatic nitrogens is 5. The van der Waals surface area contributed by atoms with Crippen LogP contribution in [-0.4, -0.2) is 68.3 Å². The number of fused-ring (bicyclic) bond motifs is 1. The predicted molar refractivity (Wildman–Crippen MR) is 149 cm³/mol. The van der Waals surface area contributed by atoms with E-state index in [1.807, 2.05) is 17.0 Å². The van der Waals surface area contributed by atoms with Crippen molar-refractivity contribution >= 4 is 28.5 Å². The van der Waals surface area contributed by atoms with Gasteiger partial charge in [0.05, 0.1) is 23.0 Å². The van der Waals surface area contributed by atoms with E-state index in [1.54, 1.807) is 31.5 Å². The molecule has 0 bridgehead atoms. The van der Waals surface area contributed by atoms with Crippen molar-refractivity contribution in [3.05, 3.63) is 72.0 Å². The first kappa shape index (κ1) is 27.0. The molecular weight excluding hydrogens is 511 g/mol. The van der Waals surface area contributed by atoms with Gasteiger partial charge in [-0.15, -0.1) is 0 Å². The smallest absolute Gasteiger partial charge is 0.254 e. The lowest BCUT2D eigenvalue weighted by atomic mass is 9.93. The minimum absolute atomic E-state index is 0.00523. The Labute approximate surface area is 231 Å². The molecule has 2 amide bonds. The van der Waals surface area contributed by atoms with Crippen LogP contribution in [0.1, 0.15) is 41.5 Å². The van der Waals surface area contributed by atoms with E-state index in [9.17, 15) is 14.0 Å². The SMILES string of the molecule is CNC(=O)c1c(F)cnc2c(CCNc3cc(-c4cnc(CC5CCN(C(C)=O)CC5)nc4)ncn3)cccc12. The van der Waals surface area contributed by atoms with Crippen LogP contribution in [0.2, 0.25) is 0 Å². The Balaban J connectivity index is 1.21. The first-order valence-corrected chi connectivity index (χ1v) is 13.3. The fourth-order valence-corrected chi connectivity index (χ4v) is 5.06. The quantitative estimate of drug-likeness (QED) is 0.347. The number of rotatable bonds is 8. The molecule has 0 spiro atoms. The minimum Gasteiger partial charge on any atom is -0.370 e. The molecule has 1 saturated heterocycles. The van der Waals surface area contributed by atoms with E-state index in [4.69, 9.17) is 0 Å². The van der Waals surface area contributed by atoms with E-state index >= 15 is 0 Å². The molecule has 0 unspecified atom stereocenters. The van der Waals surface area contributed by atoms with E-state index in [0.29, 0.717) is 41.3 Å². The normalized spacial score (nSPS) is 13.8. The third-order valence-electron chi connectivity index (χ3n) is 7.29. The number of pyridine rings is 1. The lowest BCUT2D eigenvalue weighted by Gasteiger charge is -2.30.